The van der Waals surface area contributed by atoms with Gasteiger partial charge in [0, 0.05) is 11.1 Å². The van der Waals surface area contributed by atoms with Crippen LogP contribution in [0.5, 0.6) is 23.0 Å². The average molecular weight is 1010 g/mol. The minimum Gasteiger partial charge on any atom is -0.494 e. The molecule has 0 fully saturated rings. The van der Waals surface area contributed by atoms with Gasteiger partial charge in [-0.2, -0.15) is 0 Å². The Morgan fingerprint density at radius 2 is 0.716 bits per heavy atom. The Hall–Kier alpha value is -8.92. The number of hydrogen-bond acceptors (Lipinski definition) is 10. The highest BCUT2D eigenvalue weighted by Crippen LogP contribution is 2.36. The molecule has 74 heavy (non-hydrogen) atoms. The molecule has 382 valence electrons. The first-order valence-electron chi connectivity index (χ1n) is 23.6. The maximum Gasteiger partial charge on any atom is 0.340 e. The monoisotopic (exact) mass is 1010 g/mol. The summed E-state index contributed by atoms with van der Waals surface area (Å²) in [4.78, 5) is 74.3. The molecule has 0 aliphatic rings. The first kappa shape index (κ1) is 54.4. The molecule has 16 heteroatoms. The predicted molar refractivity (Wildman–Crippen MR) is 271 cm³/mol. The van der Waals surface area contributed by atoms with Crippen molar-refractivity contribution in [1.29, 1.82) is 0 Å². The van der Waals surface area contributed by atoms with E-state index in [2.05, 4.69) is 0 Å². The molecule has 14 nitrogen and oxygen atoms in total. The molecule has 0 bridgehead atoms. The minimum atomic E-state index is -1.58. The number of halogens is 2. The second kappa shape index (κ2) is 27.1. The molecule has 0 aliphatic heterocycles. The summed E-state index contributed by atoms with van der Waals surface area (Å²) in [6.45, 7) is 0.828. The molecular weight excluding hydrogens is 959 g/mol. The van der Waals surface area contributed by atoms with Crippen LogP contribution in [0.3, 0.4) is 0 Å². The number of unbranched alkanes of at least 4 members (excludes halogenated alkanes) is 6. The van der Waals surface area contributed by atoms with Crippen LogP contribution in [0.25, 0.3) is 23.3 Å². The quantitative estimate of drug-likeness (QED) is 0.0195. The van der Waals surface area contributed by atoms with Gasteiger partial charge in [-0.05, 0) is 183 Å². The second-order valence-electron chi connectivity index (χ2n) is 16.8. The van der Waals surface area contributed by atoms with Crippen molar-refractivity contribution in [3.05, 3.63) is 190 Å². The normalized spacial score (nSPS) is 11.1. The lowest BCUT2D eigenvalue weighted by Crippen LogP contribution is -2.13. The van der Waals surface area contributed by atoms with E-state index in [0.29, 0.717) is 74.4 Å². The highest BCUT2D eigenvalue weighted by molar-refractivity contribution is 6.08. The number of aromatic carboxylic acids is 4. The zero-order valence-corrected chi connectivity index (χ0v) is 40.0. The average Bonchev–Trinajstić information content (AvgIpc) is 3.39. The van der Waals surface area contributed by atoms with Crippen LogP contribution in [-0.4, -0.2) is 82.3 Å². The largest absolute Gasteiger partial charge is 0.494 e. The van der Waals surface area contributed by atoms with Crippen LogP contribution < -0.4 is 18.9 Å². The van der Waals surface area contributed by atoms with Crippen molar-refractivity contribution in [3.63, 3.8) is 0 Å². The van der Waals surface area contributed by atoms with E-state index in [4.69, 9.17) is 18.9 Å². The van der Waals surface area contributed by atoms with Gasteiger partial charge in [0.25, 0.3) is 0 Å². The number of carbonyl (C=O) groups is 6. The first-order chi connectivity index (χ1) is 35.7. The van der Waals surface area contributed by atoms with Gasteiger partial charge >= 0.3 is 23.9 Å². The summed E-state index contributed by atoms with van der Waals surface area (Å²) < 4.78 is 49.7. The van der Waals surface area contributed by atoms with Crippen LogP contribution >= 0.6 is 0 Å². The van der Waals surface area contributed by atoms with E-state index in [1.165, 1.54) is 72.8 Å². The number of carboxylic acid groups (broad SMARTS) is 4. The van der Waals surface area contributed by atoms with E-state index in [0.717, 1.165) is 36.1 Å². The third-order valence-corrected chi connectivity index (χ3v) is 11.4. The summed E-state index contributed by atoms with van der Waals surface area (Å²) in [6, 6.07) is 29.5. The van der Waals surface area contributed by atoms with Crippen LogP contribution in [0.1, 0.15) is 125 Å². The van der Waals surface area contributed by atoms with Gasteiger partial charge in [0.15, 0.2) is 11.6 Å². The van der Waals surface area contributed by atoms with E-state index < -0.39 is 57.8 Å². The topological polar surface area (TPSA) is 220 Å². The summed E-state index contributed by atoms with van der Waals surface area (Å²) in [5.41, 5.74) is -0.0952. The number of carboxylic acids is 4. The molecule has 0 radical (unpaired) electrons. The molecule has 0 heterocycles. The van der Waals surface area contributed by atoms with Crippen molar-refractivity contribution in [2.45, 2.75) is 51.4 Å². The molecule has 0 spiro atoms. The molecule has 6 rings (SSSR count). The van der Waals surface area contributed by atoms with E-state index in [1.807, 2.05) is 0 Å². The summed E-state index contributed by atoms with van der Waals surface area (Å²) in [5, 5.41) is 40.3. The van der Waals surface area contributed by atoms with Crippen molar-refractivity contribution in [1.82, 2.24) is 0 Å². The molecule has 0 saturated carbocycles. The molecule has 0 atom stereocenters. The SMILES string of the molecule is O=C(/C=C/c1ccc(OCCCCCCOc2cc(-c3cc(OCCCCCCOc4ccc(/C=C/C(=O)c5ccc(F)cc5)cc4)c(C(=O)O)c(C(=O)O)c3)cc(C(=O)O)c2C(=O)O)cc1)c1ccc(F)cc1. The van der Waals surface area contributed by atoms with Crippen LogP contribution in [0.4, 0.5) is 8.78 Å². The van der Waals surface area contributed by atoms with Gasteiger partial charge in [0.1, 0.15) is 45.8 Å². The zero-order valence-electron chi connectivity index (χ0n) is 40.0. The standard InChI is InChI=1S/C58H52F2O14/c59-43-19-15-39(16-20-43)49(61)27-13-37-9-23-45(24-10-37)71-29-5-1-3-7-31-73-51-35-41(33-47(55(63)64)53(51)57(67)68)42-34-48(56(65)66)54(58(69)70)52(36-42)74-32-8-4-2-6-30-72-46-25-11-38(12-26-46)14-28-50(62)40-17-21-44(60)22-18-40/h9-28,33-36H,1-8,29-32H2,(H,63,64)(H,65,66)(H,67,68)(H,69,70)/b27-13+,28-14+. The Morgan fingerprint density at radius 1 is 0.392 bits per heavy atom. The van der Waals surface area contributed by atoms with Gasteiger partial charge in [-0.3, -0.25) is 9.59 Å². The summed E-state index contributed by atoms with van der Waals surface area (Å²) >= 11 is 0. The summed E-state index contributed by atoms with van der Waals surface area (Å²) in [6.07, 6.45) is 11.1. The van der Waals surface area contributed by atoms with Crippen molar-refractivity contribution in [2.75, 3.05) is 26.4 Å². The highest BCUT2D eigenvalue weighted by atomic mass is 19.1. The maximum atomic E-state index is 13.2. The zero-order chi connectivity index (χ0) is 53.0. The Bertz CT molecular complexity index is 2790. The van der Waals surface area contributed by atoms with Gasteiger partial charge in [0.05, 0.1) is 37.6 Å². The predicted octanol–water partition coefficient (Wildman–Crippen LogP) is 12.3. The van der Waals surface area contributed by atoms with Gasteiger partial charge in [0.2, 0.25) is 0 Å². The van der Waals surface area contributed by atoms with Crippen molar-refractivity contribution >= 4 is 47.6 Å². The van der Waals surface area contributed by atoms with Crippen LogP contribution in [0, 0.1) is 11.6 Å². The summed E-state index contributed by atoms with van der Waals surface area (Å²) in [5.74, 6) is -6.96. The fourth-order valence-electron chi connectivity index (χ4n) is 7.55. The van der Waals surface area contributed by atoms with Gasteiger partial charge in [-0.25, -0.2) is 28.0 Å². The Balaban J connectivity index is 0.984. The number of rotatable bonds is 29. The molecule has 6 aromatic carbocycles. The van der Waals surface area contributed by atoms with Gasteiger partial charge in [-0.15, -0.1) is 0 Å². The number of benzene rings is 6. The number of carbonyl (C=O) groups excluding carboxylic acids is 2. The third-order valence-electron chi connectivity index (χ3n) is 11.4. The molecule has 4 N–H and O–H groups in total. The summed E-state index contributed by atoms with van der Waals surface area (Å²) in [7, 11) is 0. The van der Waals surface area contributed by atoms with E-state index >= 15 is 0 Å². The third kappa shape index (κ3) is 16.0. The van der Waals surface area contributed by atoms with Crippen LogP contribution in [0.2, 0.25) is 0 Å². The fourth-order valence-corrected chi connectivity index (χ4v) is 7.55. The number of ketones is 2. The van der Waals surface area contributed by atoms with E-state index in [1.54, 1.807) is 60.7 Å². The Kier molecular flexibility index (Phi) is 19.9. The smallest absolute Gasteiger partial charge is 0.340 e. The highest BCUT2D eigenvalue weighted by Gasteiger charge is 2.27. The van der Waals surface area contributed by atoms with Crippen molar-refractivity contribution in [2.24, 2.45) is 0 Å². The van der Waals surface area contributed by atoms with E-state index in [-0.39, 0.29) is 47.4 Å². The molecular formula is C58H52F2O14. The first-order valence-corrected chi connectivity index (χ1v) is 23.6. The number of ether oxygens (including phenoxy) is 4. The lowest BCUT2D eigenvalue weighted by Gasteiger charge is -2.17. The number of hydrogen-bond donors (Lipinski definition) is 4. The molecule has 0 saturated heterocycles. The molecule has 0 aliphatic carbocycles. The second-order valence-corrected chi connectivity index (χ2v) is 16.8. The van der Waals surface area contributed by atoms with Crippen molar-refractivity contribution in [3.8, 4) is 34.1 Å². The van der Waals surface area contributed by atoms with Gasteiger partial charge in [-0.1, -0.05) is 36.4 Å². The lowest BCUT2D eigenvalue weighted by molar-refractivity contribution is 0.0647. The van der Waals surface area contributed by atoms with Crippen LogP contribution in [-0.2, 0) is 0 Å². The molecule has 6 aromatic rings. The van der Waals surface area contributed by atoms with Gasteiger partial charge < -0.3 is 39.4 Å². The fraction of sp³-hybridized carbons (Fsp3) is 0.207. The molecule has 0 amide bonds. The van der Waals surface area contributed by atoms with Crippen LogP contribution in [0.15, 0.2) is 133 Å². The minimum absolute atomic E-state index is 0.0120. The molecule has 0 aromatic heterocycles. The Labute approximate surface area is 424 Å². The lowest BCUT2D eigenvalue weighted by atomic mass is 9.94. The van der Waals surface area contributed by atoms with E-state index in [9.17, 15) is 58.0 Å². The Morgan fingerprint density at radius 3 is 1.03 bits per heavy atom. The van der Waals surface area contributed by atoms with Crippen molar-refractivity contribution < 1.29 is 76.9 Å². The maximum absolute atomic E-state index is 13.2. The number of allylic oxidation sites excluding steroid dienone is 2. The molecule has 0 unspecified atom stereocenters.